The molecule has 3 rings (SSSR count). The Kier molecular flexibility index (Phi) is 5.21. The maximum absolute atomic E-state index is 12.7. The molecule has 2 aromatic carbocycles. The fourth-order valence-corrected chi connectivity index (χ4v) is 3.81. The maximum atomic E-state index is 12.7. The summed E-state index contributed by atoms with van der Waals surface area (Å²) in [5, 5.41) is 1.33. The van der Waals surface area contributed by atoms with Crippen LogP contribution in [-0.2, 0) is 9.53 Å². The van der Waals surface area contributed by atoms with Crippen molar-refractivity contribution in [3.8, 4) is 0 Å². The van der Waals surface area contributed by atoms with E-state index in [0.29, 0.717) is 22.9 Å². The highest BCUT2D eigenvalue weighted by Crippen LogP contribution is 2.49. The van der Waals surface area contributed by atoms with E-state index in [1.807, 2.05) is 55.5 Å². The number of ether oxygens (including phenoxy) is 1. The molecule has 0 N–H and O–H groups in total. The van der Waals surface area contributed by atoms with Crippen molar-refractivity contribution in [3.05, 3.63) is 82.4 Å². The Morgan fingerprint density at radius 1 is 1.16 bits per heavy atom. The monoisotopic (exact) mass is 374 g/mol. The lowest BCUT2D eigenvalue weighted by atomic mass is 9.71. The number of carbonyl (C=O) groups excluding carboxylic acids is 1. The zero-order valence-electron chi connectivity index (χ0n) is 14.0. The number of benzene rings is 2. The zero-order valence-corrected chi connectivity index (χ0v) is 15.6. The lowest BCUT2D eigenvalue weighted by Gasteiger charge is -2.41. The average molecular weight is 375 g/mol. The second-order valence-corrected chi connectivity index (χ2v) is 7.67. The van der Waals surface area contributed by atoms with E-state index in [4.69, 9.17) is 27.9 Å². The molecule has 0 saturated carbocycles. The molecule has 3 atom stereocenters. The molecule has 1 saturated heterocycles. The highest BCUT2D eigenvalue weighted by Gasteiger charge is 2.46. The van der Waals surface area contributed by atoms with Crippen molar-refractivity contribution in [3.63, 3.8) is 0 Å². The van der Waals surface area contributed by atoms with E-state index in [2.05, 4.69) is 6.58 Å². The van der Waals surface area contributed by atoms with Crippen molar-refractivity contribution < 1.29 is 9.53 Å². The molecule has 0 spiro atoms. The van der Waals surface area contributed by atoms with Gasteiger partial charge in [-0.1, -0.05) is 53.5 Å². The minimum absolute atomic E-state index is 0.0162. The lowest BCUT2D eigenvalue weighted by molar-refractivity contribution is -0.171. The van der Waals surface area contributed by atoms with Gasteiger partial charge in [-0.3, -0.25) is 4.79 Å². The van der Waals surface area contributed by atoms with Crippen LogP contribution < -0.4 is 0 Å². The Morgan fingerprint density at radius 2 is 1.88 bits per heavy atom. The number of carbonyl (C=O) groups is 1. The molecule has 0 radical (unpaired) electrons. The van der Waals surface area contributed by atoms with Crippen LogP contribution in [0.2, 0.25) is 10.0 Å². The molecule has 0 amide bonds. The summed E-state index contributed by atoms with van der Waals surface area (Å²) in [6, 6.07) is 15.2. The SMILES string of the molecule is C=CC[C@@]1(C)C[C@H](c2cccc(Cl)c2)[C@@H](c2ccc(Cl)cc2)OC1=O. The quantitative estimate of drug-likeness (QED) is 0.460. The molecule has 0 aliphatic carbocycles. The molecule has 0 aromatic heterocycles. The molecule has 1 aliphatic rings. The predicted octanol–water partition coefficient (Wildman–Crippen LogP) is 6.35. The molecule has 0 unspecified atom stereocenters. The first-order valence-electron chi connectivity index (χ1n) is 8.26. The molecule has 0 bridgehead atoms. The second-order valence-electron chi connectivity index (χ2n) is 6.80. The average Bonchev–Trinajstić information content (AvgIpc) is 2.58. The number of hydrogen-bond acceptors (Lipinski definition) is 2. The minimum atomic E-state index is -0.586. The molecular formula is C21H20Cl2O2. The fraction of sp³-hybridized carbons (Fsp3) is 0.286. The predicted molar refractivity (Wildman–Crippen MR) is 102 cm³/mol. The standard InChI is InChI=1S/C21H20Cl2O2/c1-3-11-21(2)13-18(15-5-4-6-17(23)12-15)19(25-20(21)24)14-7-9-16(22)10-8-14/h3-10,12,18-19H,1,11,13H2,2H3/t18-,19-,21+/m1/s1. The largest absolute Gasteiger partial charge is 0.456 e. The van der Waals surface area contributed by atoms with Crippen LogP contribution in [0, 0.1) is 5.41 Å². The summed E-state index contributed by atoms with van der Waals surface area (Å²) in [4.78, 5) is 12.7. The van der Waals surface area contributed by atoms with Crippen LogP contribution in [-0.4, -0.2) is 5.97 Å². The molecule has 4 heteroatoms. The number of halogens is 2. The van der Waals surface area contributed by atoms with Crippen LogP contribution in [0.15, 0.2) is 61.2 Å². The van der Waals surface area contributed by atoms with E-state index in [1.165, 1.54) is 0 Å². The summed E-state index contributed by atoms with van der Waals surface area (Å²) >= 11 is 12.2. The third-order valence-corrected chi connectivity index (χ3v) is 5.32. The van der Waals surface area contributed by atoms with Crippen molar-refractivity contribution >= 4 is 29.2 Å². The third kappa shape index (κ3) is 3.75. The number of esters is 1. The van der Waals surface area contributed by atoms with Gasteiger partial charge in [-0.25, -0.2) is 0 Å². The van der Waals surface area contributed by atoms with E-state index in [0.717, 1.165) is 11.1 Å². The highest BCUT2D eigenvalue weighted by molar-refractivity contribution is 6.30. The Labute approximate surface area is 158 Å². The first-order valence-corrected chi connectivity index (χ1v) is 9.01. The molecule has 1 aliphatic heterocycles. The van der Waals surface area contributed by atoms with Gasteiger partial charge in [0.1, 0.15) is 6.10 Å². The molecular weight excluding hydrogens is 355 g/mol. The van der Waals surface area contributed by atoms with Crippen molar-refractivity contribution in [2.24, 2.45) is 5.41 Å². The summed E-state index contributed by atoms with van der Waals surface area (Å²) in [7, 11) is 0. The van der Waals surface area contributed by atoms with E-state index in [9.17, 15) is 4.79 Å². The summed E-state index contributed by atoms with van der Waals surface area (Å²) in [5.74, 6) is -0.173. The van der Waals surface area contributed by atoms with Gasteiger partial charge >= 0.3 is 5.97 Å². The topological polar surface area (TPSA) is 26.3 Å². The van der Waals surface area contributed by atoms with Crippen molar-refractivity contribution in [1.29, 1.82) is 0 Å². The normalized spacial score (nSPS) is 26.1. The maximum Gasteiger partial charge on any atom is 0.312 e. The molecule has 2 nitrogen and oxygen atoms in total. The summed E-state index contributed by atoms with van der Waals surface area (Å²) in [6.07, 6.45) is 2.67. The van der Waals surface area contributed by atoms with Gasteiger partial charge in [0.2, 0.25) is 0 Å². The Morgan fingerprint density at radius 3 is 2.52 bits per heavy atom. The van der Waals surface area contributed by atoms with Crippen molar-refractivity contribution in [2.45, 2.75) is 31.8 Å². The van der Waals surface area contributed by atoms with E-state index in [-0.39, 0.29) is 18.0 Å². The molecule has 130 valence electrons. The summed E-state index contributed by atoms with van der Waals surface area (Å²) in [6.45, 7) is 5.73. The van der Waals surface area contributed by atoms with Gasteiger partial charge in [-0.2, -0.15) is 0 Å². The van der Waals surface area contributed by atoms with E-state index in [1.54, 1.807) is 6.08 Å². The van der Waals surface area contributed by atoms with Crippen LogP contribution in [0.3, 0.4) is 0 Å². The Balaban J connectivity index is 2.03. The van der Waals surface area contributed by atoms with Crippen LogP contribution in [0.5, 0.6) is 0 Å². The lowest BCUT2D eigenvalue weighted by Crippen LogP contribution is -2.39. The zero-order chi connectivity index (χ0) is 18.0. The smallest absolute Gasteiger partial charge is 0.312 e. The van der Waals surface area contributed by atoms with Crippen LogP contribution in [0.25, 0.3) is 0 Å². The Bertz CT molecular complexity index is 785. The van der Waals surface area contributed by atoms with Gasteiger partial charge in [-0.05, 0) is 55.2 Å². The van der Waals surface area contributed by atoms with E-state index < -0.39 is 5.41 Å². The molecule has 1 heterocycles. The van der Waals surface area contributed by atoms with Crippen molar-refractivity contribution in [2.75, 3.05) is 0 Å². The van der Waals surface area contributed by atoms with Crippen LogP contribution in [0.4, 0.5) is 0 Å². The van der Waals surface area contributed by atoms with E-state index >= 15 is 0 Å². The number of allylic oxidation sites excluding steroid dienone is 1. The van der Waals surface area contributed by atoms with Gasteiger partial charge in [0.05, 0.1) is 5.41 Å². The molecule has 1 fully saturated rings. The summed E-state index contributed by atoms with van der Waals surface area (Å²) < 4.78 is 5.91. The summed E-state index contributed by atoms with van der Waals surface area (Å²) in [5.41, 5.74) is 1.41. The number of hydrogen-bond donors (Lipinski definition) is 0. The van der Waals surface area contributed by atoms with Gasteiger partial charge in [0, 0.05) is 16.0 Å². The second kappa shape index (κ2) is 7.23. The fourth-order valence-electron chi connectivity index (χ4n) is 3.48. The Hall–Kier alpha value is -1.77. The first-order chi connectivity index (χ1) is 11.9. The number of cyclic esters (lactones) is 1. The minimum Gasteiger partial charge on any atom is -0.456 e. The van der Waals surface area contributed by atoms with Crippen LogP contribution in [0.1, 0.15) is 42.9 Å². The van der Waals surface area contributed by atoms with Gasteiger partial charge in [-0.15, -0.1) is 6.58 Å². The first kappa shape index (κ1) is 18.0. The highest BCUT2D eigenvalue weighted by atomic mass is 35.5. The van der Waals surface area contributed by atoms with Gasteiger partial charge < -0.3 is 4.74 Å². The number of rotatable bonds is 4. The van der Waals surface area contributed by atoms with Crippen LogP contribution >= 0.6 is 23.2 Å². The van der Waals surface area contributed by atoms with Gasteiger partial charge in [0.25, 0.3) is 0 Å². The van der Waals surface area contributed by atoms with Crippen molar-refractivity contribution in [1.82, 2.24) is 0 Å². The third-order valence-electron chi connectivity index (χ3n) is 4.83. The van der Waals surface area contributed by atoms with Gasteiger partial charge in [0.15, 0.2) is 0 Å². The molecule has 25 heavy (non-hydrogen) atoms. The molecule has 2 aromatic rings.